The Kier molecular flexibility index (Phi) is 5.01. The van der Waals surface area contributed by atoms with Crippen molar-refractivity contribution in [1.29, 1.82) is 0 Å². The van der Waals surface area contributed by atoms with Gasteiger partial charge in [0.15, 0.2) is 6.61 Å². The number of rotatable bonds is 5. The lowest BCUT2D eigenvalue weighted by atomic mass is 9.89. The highest BCUT2D eigenvalue weighted by atomic mass is 16.6. The molecular weight excluding hydrogens is 314 g/mol. The minimum atomic E-state index is -1.06. The quantitative estimate of drug-likeness (QED) is 0.840. The van der Waals surface area contributed by atoms with Gasteiger partial charge in [0.05, 0.1) is 12.2 Å². The third-order valence-corrected chi connectivity index (χ3v) is 4.35. The van der Waals surface area contributed by atoms with Crippen molar-refractivity contribution in [2.75, 3.05) is 26.4 Å². The van der Waals surface area contributed by atoms with Gasteiger partial charge in [-0.25, -0.2) is 4.79 Å². The Balaban J connectivity index is 1.60. The summed E-state index contributed by atoms with van der Waals surface area (Å²) in [6.45, 7) is 1.45. The molecule has 130 valence electrons. The summed E-state index contributed by atoms with van der Waals surface area (Å²) in [6.07, 6.45) is 2.37. The second-order valence-electron chi connectivity index (χ2n) is 6.21. The first-order valence-electron chi connectivity index (χ1n) is 8.04. The summed E-state index contributed by atoms with van der Waals surface area (Å²) in [5.74, 6) is -0.898. The maximum Gasteiger partial charge on any atom is 0.341 e. The highest BCUT2D eigenvalue weighted by Crippen LogP contribution is 2.32. The monoisotopic (exact) mass is 335 g/mol. The molecule has 2 unspecified atom stereocenters. The molecule has 2 aliphatic heterocycles. The molecule has 1 amide bonds. The van der Waals surface area contributed by atoms with E-state index in [4.69, 9.17) is 19.3 Å². The lowest BCUT2D eigenvalue weighted by molar-refractivity contribution is -0.139. The van der Waals surface area contributed by atoms with E-state index in [0.29, 0.717) is 31.1 Å². The van der Waals surface area contributed by atoms with E-state index >= 15 is 0 Å². The molecule has 0 aromatic heterocycles. The van der Waals surface area contributed by atoms with Crippen molar-refractivity contribution in [2.45, 2.75) is 30.9 Å². The highest BCUT2D eigenvalue weighted by Gasteiger charge is 2.41. The van der Waals surface area contributed by atoms with Crippen LogP contribution in [0.1, 0.15) is 29.6 Å². The maximum absolute atomic E-state index is 12.5. The summed E-state index contributed by atoms with van der Waals surface area (Å²) in [6, 6.07) is 6.56. The largest absolute Gasteiger partial charge is 0.482 e. The van der Waals surface area contributed by atoms with Gasteiger partial charge in [0, 0.05) is 31.2 Å². The van der Waals surface area contributed by atoms with Gasteiger partial charge in [0.2, 0.25) is 0 Å². The molecule has 0 radical (unpaired) electrons. The van der Waals surface area contributed by atoms with Crippen LogP contribution in [0.4, 0.5) is 0 Å². The van der Waals surface area contributed by atoms with Crippen molar-refractivity contribution in [3.05, 3.63) is 29.8 Å². The molecule has 1 aromatic rings. The highest BCUT2D eigenvalue weighted by molar-refractivity contribution is 5.94. The lowest BCUT2D eigenvalue weighted by Gasteiger charge is -2.37. The van der Waals surface area contributed by atoms with Crippen LogP contribution in [0, 0.1) is 0 Å². The summed E-state index contributed by atoms with van der Waals surface area (Å²) >= 11 is 0. The van der Waals surface area contributed by atoms with E-state index in [2.05, 4.69) is 5.32 Å². The predicted molar refractivity (Wildman–Crippen MR) is 84.2 cm³/mol. The fraction of sp³-hybridized carbons (Fsp3) is 0.529. The average Bonchev–Trinajstić information content (AvgIpc) is 3.01. The van der Waals surface area contributed by atoms with Crippen molar-refractivity contribution < 1.29 is 28.9 Å². The first-order valence-corrected chi connectivity index (χ1v) is 8.04. The van der Waals surface area contributed by atoms with Crippen LogP contribution in [-0.2, 0) is 14.3 Å². The van der Waals surface area contributed by atoms with E-state index in [1.54, 1.807) is 24.3 Å². The van der Waals surface area contributed by atoms with Crippen LogP contribution in [0.3, 0.4) is 0 Å². The van der Waals surface area contributed by atoms with Crippen LogP contribution in [0.5, 0.6) is 5.75 Å². The van der Waals surface area contributed by atoms with Gasteiger partial charge in [-0.2, -0.15) is 0 Å². The van der Waals surface area contributed by atoms with Crippen molar-refractivity contribution in [3.8, 4) is 5.75 Å². The molecule has 24 heavy (non-hydrogen) atoms. The van der Waals surface area contributed by atoms with Gasteiger partial charge in [-0.1, -0.05) is 6.07 Å². The van der Waals surface area contributed by atoms with Crippen LogP contribution < -0.4 is 10.1 Å². The van der Waals surface area contributed by atoms with Gasteiger partial charge in [0.25, 0.3) is 5.91 Å². The smallest absolute Gasteiger partial charge is 0.341 e. The van der Waals surface area contributed by atoms with Gasteiger partial charge in [-0.05, 0) is 31.0 Å². The normalized spacial score (nSPS) is 26.2. The Labute approximate surface area is 139 Å². The molecule has 1 aromatic carbocycles. The van der Waals surface area contributed by atoms with Crippen molar-refractivity contribution in [1.82, 2.24) is 5.32 Å². The molecule has 0 saturated carbocycles. The average molecular weight is 335 g/mol. The number of benzene rings is 1. The minimum Gasteiger partial charge on any atom is -0.482 e. The standard InChI is InChI=1S/C17H21NO6/c19-15(20)10-23-14-3-1-2-12(8-14)16(21)18-13-4-6-24-17(9-13)5-7-22-11-17/h1-3,8,13H,4-7,9-11H2,(H,18,21)(H,19,20). The second-order valence-corrected chi connectivity index (χ2v) is 6.21. The fourth-order valence-electron chi connectivity index (χ4n) is 3.16. The molecule has 2 aliphatic rings. The van der Waals surface area contributed by atoms with Crippen LogP contribution in [0.25, 0.3) is 0 Å². The number of carboxylic acid groups (broad SMARTS) is 1. The summed E-state index contributed by atoms with van der Waals surface area (Å²) in [7, 11) is 0. The first-order chi connectivity index (χ1) is 11.6. The van der Waals surface area contributed by atoms with Crippen LogP contribution >= 0.6 is 0 Å². The third-order valence-electron chi connectivity index (χ3n) is 4.35. The van der Waals surface area contributed by atoms with Gasteiger partial charge in [-0.3, -0.25) is 4.79 Å². The Morgan fingerprint density at radius 2 is 2.25 bits per heavy atom. The maximum atomic E-state index is 12.5. The molecule has 3 rings (SSSR count). The molecule has 2 atom stereocenters. The Hall–Kier alpha value is -2.12. The molecular formula is C17H21NO6. The minimum absolute atomic E-state index is 0.0385. The van der Waals surface area contributed by atoms with Crippen molar-refractivity contribution in [3.63, 3.8) is 0 Å². The van der Waals surface area contributed by atoms with E-state index in [-0.39, 0.29) is 17.6 Å². The SMILES string of the molecule is O=C(O)COc1cccc(C(=O)NC2CCOC3(CCOC3)C2)c1. The van der Waals surface area contributed by atoms with E-state index in [1.807, 2.05) is 0 Å². The summed E-state index contributed by atoms with van der Waals surface area (Å²) in [5.41, 5.74) is 0.184. The molecule has 2 saturated heterocycles. The van der Waals surface area contributed by atoms with Gasteiger partial charge in [0.1, 0.15) is 5.75 Å². The number of carboxylic acids is 1. The number of amides is 1. The molecule has 0 aliphatic carbocycles. The zero-order chi connectivity index (χ0) is 17.0. The predicted octanol–water partition coefficient (Wildman–Crippen LogP) is 1.22. The molecule has 1 spiro atoms. The zero-order valence-corrected chi connectivity index (χ0v) is 13.3. The fourth-order valence-corrected chi connectivity index (χ4v) is 3.16. The number of hydrogen-bond acceptors (Lipinski definition) is 5. The number of aliphatic carboxylic acids is 1. The molecule has 0 bridgehead atoms. The van der Waals surface area contributed by atoms with Gasteiger partial charge in [-0.15, -0.1) is 0 Å². The van der Waals surface area contributed by atoms with Gasteiger partial charge >= 0.3 is 5.97 Å². The van der Waals surface area contributed by atoms with Crippen molar-refractivity contribution >= 4 is 11.9 Å². The molecule has 7 nitrogen and oxygen atoms in total. The number of carbonyl (C=O) groups is 2. The number of carbonyl (C=O) groups excluding carboxylic acids is 1. The number of hydrogen-bond donors (Lipinski definition) is 2. The Morgan fingerprint density at radius 3 is 3.00 bits per heavy atom. The van der Waals surface area contributed by atoms with Crippen LogP contribution in [0.15, 0.2) is 24.3 Å². The topological polar surface area (TPSA) is 94.1 Å². The van der Waals surface area contributed by atoms with E-state index in [1.165, 1.54) is 0 Å². The third kappa shape index (κ3) is 4.04. The number of nitrogens with one attached hydrogen (secondary N) is 1. The second kappa shape index (κ2) is 7.19. The van der Waals surface area contributed by atoms with Crippen LogP contribution in [-0.4, -0.2) is 55.1 Å². The summed E-state index contributed by atoms with van der Waals surface area (Å²) in [5, 5.41) is 11.7. The molecule has 7 heteroatoms. The summed E-state index contributed by atoms with van der Waals surface area (Å²) in [4.78, 5) is 23.0. The Bertz CT molecular complexity index is 611. The first kappa shape index (κ1) is 16.7. The van der Waals surface area contributed by atoms with E-state index < -0.39 is 12.6 Å². The molecule has 2 fully saturated rings. The summed E-state index contributed by atoms with van der Waals surface area (Å²) < 4.78 is 16.4. The molecule has 2 heterocycles. The Morgan fingerprint density at radius 1 is 1.38 bits per heavy atom. The number of ether oxygens (including phenoxy) is 3. The van der Waals surface area contributed by atoms with E-state index in [0.717, 1.165) is 19.3 Å². The lowest BCUT2D eigenvalue weighted by Crippen LogP contribution is -2.49. The zero-order valence-electron chi connectivity index (χ0n) is 13.3. The van der Waals surface area contributed by atoms with Gasteiger partial charge < -0.3 is 24.6 Å². The molecule has 2 N–H and O–H groups in total. The van der Waals surface area contributed by atoms with Crippen LogP contribution in [0.2, 0.25) is 0 Å². The van der Waals surface area contributed by atoms with E-state index in [9.17, 15) is 9.59 Å². The van der Waals surface area contributed by atoms with Crippen molar-refractivity contribution in [2.24, 2.45) is 0 Å².